The molecule has 0 fully saturated rings. The lowest BCUT2D eigenvalue weighted by Gasteiger charge is -2.18. The number of carbonyl (C=O) groups is 1. The maximum Gasteiger partial charge on any atom is 0.238 e. The van der Waals surface area contributed by atoms with Gasteiger partial charge in [-0.05, 0) is 57.5 Å². The van der Waals surface area contributed by atoms with Crippen LogP contribution < -0.4 is 10.1 Å². The van der Waals surface area contributed by atoms with Crippen LogP contribution in [0.25, 0.3) is 0 Å². The van der Waals surface area contributed by atoms with Gasteiger partial charge in [-0.3, -0.25) is 9.69 Å². The molecular formula is C19H25N3O2. The van der Waals surface area contributed by atoms with E-state index in [-0.39, 0.29) is 5.91 Å². The summed E-state index contributed by atoms with van der Waals surface area (Å²) in [6, 6.07) is 17.0. The quantitative estimate of drug-likeness (QED) is 0.810. The van der Waals surface area contributed by atoms with E-state index < -0.39 is 0 Å². The minimum atomic E-state index is -0.0204. The van der Waals surface area contributed by atoms with Gasteiger partial charge in [-0.2, -0.15) is 0 Å². The molecule has 1 amide bonds. The number of ether oxygens (including phenoxy) is 1. The third kappa shape index (κ3) is 6.40. The number of nitrogens with one attached hydrogen (secondary N) is 1. The molecule has 0 aliphatic carbocycles. The van der Waals surface area contributed by atoms with Crippen molar-refractivity contribution in [3.8, 4) is 11.5 Å². The zero-order chi connectivity index (χ0) is 17.4. The van der Waals surface area contributed by atoms with E-state index in [4.69, 9.17) is 4.74 Å². The summed E-state index contributed by atoms with van der Waals surface area (Å²) in [5, 5.41) is 2.90. The van der Waals surface area contributed by atoms with Crippen molar-refractivity contribution in [3.63, 3.8) is 0 Å². The molecule has 0 aromatic heterocycles. The van der Waals surface area contributed by atoms with Gasteiger partial charge in [-0.1, -0.05) is 18.2 Å². The van der Waals surface area contributed by atoms with Crippen LogP contribution in [0.15, 0.2) is 54.6 Å². The Morgan fingerprint density at radius 3 is 2.17 bits per heavy atom. The van der Waals surface area contributed by atoms with Gasteiger partial charge >= 0.3 is 0 Å². The number of benzene rings is 2. The van der Waals surface area contributed by atoms with E-state index in [1.165, 1.54) is 0 Å². The number of carbonyl (C=O) groups excluding carboxylic acids is 1. The monoisotopic (exact) mass is 327 g/mol. The van der Waals surface area contributed by atoms with Gasteiger partial charge in [-0.25, -0.2) is 0 Å². The molecule has 0 aliphatic heterocycles. The van der Waals surface area contributed by atoms with Crippen molar-refractivity contribution in [3.05, 3.63) is 54.6 Å². The molecule has 0 atom stereocenters. The number of rotatable bonds is 8. The highest BCUT2D eigenvalue weighted by atomic mass is 16.5. The maximum atomic E-state index is 12.0. The molecule has 0 bridgehead atoms. The van der Waals surface area contributed by atoms with E-state index in [1.807, 2.05) is 80.6 Å². The number of para-hydroxylation sites is 1. The summed E-state index contributed by atoms with van der Waals surface area (Å²) in [5.74, 6) is 1.51. The lowest BCUT2D eigenvalue weighted by molar-refractivity contribution is -0.117. The van der Waals surface area contributed by atoms with Crippen molar-refractivity contribution in [1.29, 1.82) is 0 Å². The zero-order valence-electron chi connectivity index (χ0n) is 14.5. The van der Waals surface area contributed by atoms with Crippen LogP contribution in [0.3, 0.4) is 0 Å². The summed E-state index contributed by atoms with van der Waals surface area (Å²) in [6.45, 7) is 2.15. The van der Waals surface area contributed by atoms with Crippen LogP contribution in [-0.4, -0.2) is 56.5 Å². The van der Waals surface area contributed by atoms with Crippen LogP contribution >= 0.6 is 0 Å². The molecule has 128 valence electrons. The van der Waals surface area contributed by atoms with Gasteiger partial charge in [0.2, 0.25) is 5.91 Å². The lowest BCUT2D eigenvalue weighted by Crippen LogP contribution is -2.34. The Morgan fingerprint density at radius 2 is 1.54 bits per heavy atom. The van der Waals surface area contributed by atoms with Gasteiger partial charge in [-0.15, -0.1) is 0 Å². The molecule has 0 unspecified atom stereocenters. The Balaban J connectivity index is 1.81. The van der Waals surface area contributed by atoms with E-state index in [2.05, 4.69) is 10.2 Å². The highest BCUT2D eigenvalue weighted by Crippen LogP contribution is 2.22. The highest BCUT2D eigenvalue weighted by Gasteiger charge is 2.07. The second-order valence-electron chi connectivity index (χ2n) is 6.03. The molecule has 2 aromatic rings. The van der Waals surface area contributed by atoms with Crippen LogP contribution in [0.1, 0.15) is 0 Å². The van der Waals surface area contributed by atoms with Crippen molar-refractivity contribution in [1.82, 2.24) is 9.80 Å². The highest BCUT2D eigenvalue weighted by molar-refractivity contribution is 5.92. The molecule has 0 aliphatic rings. The van der Waals surface area contributed by atoms with Gasteiger partial charge < -0.3 is 15.0 Å². The minimum absolute atomic E-state index is 0.0204. The molecule has 0 saturated heterocycles. The largest absolute Gasteiger partial charge is 0.457 e. The molecule has 0 spiro atoms. The van der Waals surface area contributed by atoms with Crippen LogP contribution in [0.2, 0.25) is 0 Å². The van der Waals surface area contributed by atoms with E-state index in [1.54, 1.807) is 0 Å². The van der Waals surface area contributed by atoms with Crippen molar-refractivity contribution in [2.24, 2.45) is 0 Å². The molecule has 0 heterocycles. The van der Waals surface area contributed by atoms with Crippen LogP contribution in [0.4, 0.5) is 5.69 Å². The Labute approximate surface area is 143 Å². The summed E-state index contributed by atoms with van der Waals surface area (Å²) in [4.78, 5) is 16.1. The first-order valence-electron chi connectivity index (χ1n) is 7.99. The predicted molar refractivity (Wildman–Crippen MR) is 97.6 cm³/mol. The third-order valence-electron chi connectivity index (χ3n) is 3.46. The molecule has 0 saturated carbocycles. The van der Waals surface area contributed by atoms with E-state index in [0.717, 1.165) is 30.3 Å². The first-order valence-corrected chi connectivity index (χ1v) is 7.99. The smallest absolute Gasteiger partial charge is 0.238 e. The van der Waals surface area contributed by atoms with Gasteiger partial charge in [0, 0.05) is 18.8 Å². The zero-order valence-corrected chi connectivity index (χ0v) is 14.5. The van der Waals surface area contributed by atoms with Gasteiger partial charge in [0.25, 0.3) is 0 Å². The van der Waals surface area contributed by atoms with Crippen LogP contribution in [-0.2, 0) is 4.79 Å². The van der Waals surface area contributed by atoms with E-state index >= 15 is 0 Å². The van der Waals surface area contributed by atoms with Gasteiger partial charge in [0.15, 0.2) is 0 Å². The molecule has 24 heavy (non-hydrogen) atoms. The second-order valence-corrected chi connectivity index (χ2v) is 6.03. The van der Waals surface area contributed by atoms with Crippen LogP contribution in [0, 0.1) is 0 Å². The number of likely N-dealkylation sites (N-methyl/N-ethyl adjacent to an activating group) is 2. The number of nitrogens with zero attached hydrogens (tertiary/aromatic N) is 2. The summed E-state index contributed by atoms with van der Waals surface area (Å²) < 4.78 is 5.73. The summed E-state index contributed by atoms with van der Waals surface area (Å²) in [6.07, 6.45) is 0. The summed E-state index contributed by atoms with van der Waals surface area (Å²) in [5.41, 5.74) is 0.765. The fourth-order valence-corrected chi connectivity index (χ4v) is 2.13. The second kappa shape index (κ2) is 9.05. The topological polar surface area (TPSA) is 44.8 Å². The first kappa shape index (κ1) is 18.0. The Morgan fingerprint density at radius 1 is 0.917 bits per heavy atom. The molecular weight excluding hydrogens is 302 g/mol. The number of hydrogen-bond donors (Lipinski definition) is 1. The maximum absolute atomic E-state index is 12.0. The predicted octanol–water partition coefficient (Wildman–Crippen LogP) is 2.91. The Bertz CT molecular complexity index is 627. The molecule has 2 rings (SSSR count). The number of hydrogen-bond acceptors (Lipinski definition) is 4. The lowest BCUT2D eigenvalue weighted by atomic mass is 10.3. The molecule has 5 nitrogen and oxygen atoms in total. The molecule has 5 heteroatoms. The van der Waals surface area contributed by atoms with Crippen molar-refractivity contribution >= 4 is 11.6 Å². The standard InChI is InChI=1S/C19H25N3O2/c1-21(2)13-14-22(3)15-19(23)20-16-9-11-18(12-10-16)24-17-7-5-4-6-8-17/h4-12H,13-15H2,1-3H3,(H,20,23). The van der Waals surface area contributed by atoms with Gasteiger partial charge in [0.05, 0.1) is 6.54 Å². The average molecular weight is 327 g/mol. The Kier molecular flexibility index (Phi) is 6.78. The third-order valence-corrected chi connectivity index (χ3v) is 3.46. The van der Waals surface area contributed by atoms with Crippen LogP contribution in [0.5, 0.6) is 11.5 Å². The van der Waals surface area contributed by atoms with Gasteiger partial charge in [0.1, 0.15) is 11.5 Å². The molecule has 1 N–H and O–H groups in total. The number of amides is 1. The van der Waals surface area contributed by atoms with Crippen molar-refractivity contribution in [2.75, 3.05) is 46.1 Å². The molecule has 2 aromatic carbocycles. The summed E-state index contributed by atoms with van der Waals surface area (Å²) in [7, 11) is 5.99. The SMILES string of the molecule is CN(C)CCN(C)CC(=O)Nc1ccc(Oc2ccccc2)cc1. The van der Waals surface area contributed by atoms with Crippen molar-refractivity contribution in [2.45, 2.75) is 0 Å². The fraction of sp³-hybridized carbons (Fsp3) is 0.316. The van der Waals surface area contributed by atoms with Crippen molar-refractivity contribution < 1.29 is 9.53 Å². The Hall–Kier alpha value is -2.37. The molecule has 0 radical (unpaired) electrons. The first-order chi connectivity index (χ1) is 11.5. The number of anilines is 1. The normalized spacial score (nSPS) is 10.9. The van der Waals surface area contributed by atoms with E-state index in [0.29, 0.717) is 6.54 Å². The minimum Gasteiger partial charge on any atom is -0.457 e. The fourth-order valence-electron chi connectivity index (χ4n) is 2.13. The summed E-state index contributed by atoms with van der Waals surface area (Å²) >= 11 is 0. The van der Waals surface area contributed by atoms with E-state index in [9.17, 15) is 4.79 Å². The average Bonchev–Trinajstić information content (AvgIpc) is 2.56.